The Morgan fingerprint density at radius 3 is 2.65 bits per heavy atom. The summed E-state index contributed by atoms with van der Waals surface area (Å²) in [5.74, 6) is 7.25. The van der Waals surface area contributed by atoms with Gasteiger partial charge in [-0.05, 0) is 80.8 Å². The fourth-order valence-corrected chi connectivity index (χ4v) is 9.09. The molecule has 0 aromatic heterocycles. The quantitative estimate of drug-likeness (QED) is 0.427. The van der Waals surface area contributed by atoms with Crippen molar-refractivity contribution in [1.82, 2.24) is 4.90 Å². The number of piperidine rings is 1. The molecular weight excluding hydrogens is 500 g/mol. The summed E-state index contributed by atoms with van der Waals surface area (Å²) in [6.07, 6.45) is 5.39. The lowest BCUT2D eigenvalue weighted by Gasteiger charge is -2.65. The molecule has 6 heteroatoms. The minimum Gasteiger partial charge on any atom is -0.504 e. The van der Waals surface area contributed by atoms with E-state index in [2.05, 4.69) is 45.6 Å². The molecule has 0 radical (unpaired) electrons. The van der Waals surface area contributed by atoms with Crippen LogP contribution in [0.15, 0.2) is 24.3 Å². The summed E-state index contributed by atoms with van der Waals surface area (Å²) in [4.78, 5) is 15.3. The van der Waals surface area contributed by atoms with Crippen LogP contribution in [-0.2, 0) is 16.6 Å². The average molecular weight is 542 g/mol. The second-order valence-corrected chi connectivity index (χ2v) is 13.6. The molecule has 2 saturated carbocycles. The maximum absolute atomic E-state index is 13.6. The Morgan fingerprint density at radius 2 is 1.90 bits per heavy atom. The highest BCUT2D eigenvalue weighted by atomic mass is 16.5. The van der Waals surface area contributed by atoms with Crippen molar-refractivity contribution in [3.63, 3.8) is 0 Å². The molecule has 1 saturated heterocycles. The maximum atomic E-state index is 13.6. The van der Waals surface area contributed by atoms with Crippen LogP contribution in [0, 0.1) is 43.9 Å². The monoisotopic (exact) mass is 541 g/mol. The largest absolute Gasteiger partial charge is 0.504 e. The molecular formula is C34H41N2O4+. The van der Waals surface area contributed by atoms with Gasteiger partial charge in [-0.3, -0.25) is 4.79 Å². The Labute approximate surface area is 237 Å². The molecule has 3 fully saturated rings. The van der Waals surface area contributed by atoms with Crippen LogP contribution in [0.4, 0.5) is 0 Å². The van der Waals surface area contributed by atoms with Crippen molar-refractivity contribution in [2.75, 3.05) is 20.1 Å². The van der Waals surface area contributed by atoms with E-state index in [-0.39, 0.29) is 45.3 Å². The molecule has 3 aliphatic carbocycles. The molecule has 2 heterocycles. The number of amides is 1. The molecule has 5 aliphatic rings. The standard InChI is InChI=1S/C34H40N2O4/c1-20-6-9-24(22(3)21(20)2)11-13-29(38)35(5)26-14-15-33(4)28-18-25-10-12-27(37)31-30(25)34(33,32(26)40-31)16-17-36(28,39)19-23-7-8-23/h6,9-10,12,23,26,28,32,39H,7-8,14-19H2,1-5H3/p+1/t26-,28-,32-,33-,34-,36?/m0/s1. The van der Waals surface area contributed by atoms with Crippen LogP contribution in [0.5, 0.6) is 11.5 Å². The minimum atomic E-state index is -0.358. The van der Waals surface area contributed by atoms with Gasteiger partial charge in [-0.2, -0.15) is 4.65 Å². The van der Waals surface area contributed by atoms with Crippen molar-refractivity contribution in [2.45, 2.75) is 89.8 Å². The highest BCUT2D eigenvalue weighted by molar-refractivity contribution is 5.94. The summed E-state index contributed by atoms with van der Waals surface area (Å²) in [5.41, 5.74) is 6.18. The first-order valence-electron chi connectivity index (χ1n) is 15.0. The van der Waals surface area contributed by atoms with Crippen LogP contribution in [0.2, 0.25) is 0 Å². The van der Waals surface area contributed by atoms with E-state index >= 15 is 0 Å². The number of rotatable bonds is 3. The van der Waals surface area contributed by atoms with Gasteiger partial charge in [0.25, 0.3) is 5.91 Å². The number of phenolic OH excluding ortho intramolecular Hbond substituents is 1. The number of aryl methyl sites for hydroxylation is 1. The van der Waals surface area contributed by atoms with Gasteiger partial charge in [0, 0.05) is 48.3 Å². The number of likely N-dealkylation sites (N-methyl/N-ethyl adjacent to an activating group) is 1. The number of carbonyl (C=O) groups excluding carboxylic acids is 1. The lowest BCUT2D eigenvalue weighted by Crippen LogP contribution is -2.78. The summed E-state index contributed by atoms with van der Waals surface area (Å²) >= 11 is 0. The van der Waals surface area contributed by atoms with Crippen LogP contribution in [0.25, 0.3) is 0 Å². The van der Waals surface area contributed by atoms with Crippen molar-refractivity contribution in [3.8, 4) is 23.3 Å². The highest BCUT2D eigenvalue weighted by Crippen LogP contribution is 2.70. The number of ether oxygens (including phenoxy) is 1. The number of nitrogens with zero attached hydrogens (tertiary/aromatic N) is 2. The Hall–Kier alpha value is -3.01. The lowest BCUT2D eigenvalue weighted by atomic mass is 9.43. The number of benzene rings is 2. The number of hydrogen-bond acceptors (Lipinski definition) is 4. The summed E-state index contributed by atoms with van der Waals surface area (Å²) in [6, 6.07) is 7.74. The first-order chi connectivity index (χ1) is 19.0. The Balaban J connectivity index is 1.26. The van der Waals surface area contributed by atoms with E-state index in [4.69, 9.17) is 4.74 Å². The molecule has 1 spiro atoms. The van der Waals surface area contributed by atoms with E-state index in [0.29, 0.717) is 18.2 Å². The predicted molar refractivity (Wildman–Crippen MR) is 152 cm³/mol. The van der Waals surface area contributed by atoms with Crippen molar-refractivity contribution < 1.29 is 24.5 Å². The highest BCUT2D eigenvalue weighted by Gasteiger charge is 2.76. The van der Waals surface area contributed by atoms with E-state index < -0.39 is 0 Å². The summed E-state index contributed by atoms with van der Waals surface area (Å²) < 4.78 is 6.89. The number of phenols is 1. The molecule has 1 unspecified atom stereocenters. The lowest BCUT2D eigenvalue weighted by molar-refractivity contribution is -1.13. The Kier molecular flexibility index (Phi) is 5.51. The third-order valence-corrected chi connectivity index (χ3v) is 11.8. The molecule has 2 aromatic rings. The van der Waals surface area contributed by atoms with Crippen molar-refractivity contribution >= 4 is 5.91 Å². The van der Waals surface area contributed by atoms with Crippen LogP contribution in [-0.4, -0.2) is 64.1 Å². The third-order valence-electron chi connectivity index (χ3n) is 11.8. The van der Waals surface area contributed by atoms with E-state index in [1.54, 1.807) is 11.0 Å². The molecule has 2 bridgehead atoms. The van der Waals surface area contributed by atoms with Crippen LogP contribution >= 0.6 is 0 Å². The van der Waals surface area contributed by atoms with Gasteiger partial charge in [-0.15, -0.1) is 0 Å². The smallest absolute Gasteiger partial charge is 0.298 e. The van der Waals surface area contributed by atoms with E-state index in [9.17, 15) is 15.1 Å². The molecule has 6 atom stereocenters. The second kappa shape index (κ2) is 8.50. The number of aromatic hydroxyl groups is 1. The SMILES string of the molecule is Cc1ccc(C#CC(=O)N(C)[C@H]2CC[C@@]3(C)[C@@H]4Cc5ccc(O)c6c5[C@@]3(CC[N+]4(O)CC3CC3)[C@H]2O6)c(C)c1C. The zero-order valence-electron chi connectivity index (χ0n) is 24.4. The third kappa shape index (κ3) is 3.34. The van der Waals surface area contributed by atoms with Gasteiger partial charge in [-0.25, -0.2) is 5.21 Å². The van der Waals surface area contributed by atoms with Gasteiger partial charge in [0.15, 0.2) is 11.5 Å². The Bertz CT molecular complexity index is 1500. The summed E-state index contributed by atoms with van der Waals surface area (Å²) in [5, 5.41) is 23.1. The van der Waals surface area contributed by atoms with E-state index in [1.807, 2.05) is 19.2 Å². The maximum Gasteiger partial charge on any atom is 0.298 e. The van der Waals surface area contributed by atoms with Gasteiger partial charge < -0.3 is 14.7 Å². The van der Waals surface area contributed by atoms with Crippen LogP contribution in [0.3, 0.4) is 0 Å². The first kappa shape index (κ1) is 25.9. The molecule has 2 aromatic carbocycles. The van der Waals surface area contributed by atoms with E-state index in [1.165, 1.54) is 29.5 Å². The van der Waals surface area contributed by atoms with E-state index in [0.717, 1.165) is 48.9 Å². The van der Waals surface area contributed by atoms with Crippen molar-refractivity contribution in [1.29, 1.82) is 0 Å². The number of hydroxylamine groups is 3. The molecule has 40 heavy (non-hydrogen) atoms. The van der Waals surface area contributed by atoms with Crippen LogP contribution < -0.4 is 4.74 Å². The zero-order chi connectivity index (χ0) is 28.2. The van der Waals surface area contributed by atoms with Gasteiger partial charge >= 0.3 is 0 Å². The molecule has 1 amide bonds. The second-order valence-electron chi connectivity index (χ2n) is 13.6. The molecule has 2 aliphatic heterocycles. The molecule has 210 valence electrons. The number of quaternary nitrogens is 1. The Morgan fingerprint density at radius 1 is 1.12 bits per heavy atom. The fourth-order valence-electron chi connectivity index (χ4n) is 9.09. The number of likely N-dealkylation sites (tertiary alicyclic amines) is 1. The minimum absolute atomic E-state index is 0.0745. The average Bonchev–Trinajstić information content (AvgIpc) is 3.66. The summed E-state index contributed by atoms with van der Waals surface area (Å²) in [7, 11) is 1.85. The first-order valence-corrected chi connectivity index (χ1v) is 15.0. The van der Waals surface area contributed by atoms with Crippen molar-refractivity contribution in [3.05, 3.63) is 57.6 Å². The van der Waals surface area contributed by atoms with Gasteiger partial charge in [0.1, 0.15) is 25.2 Å². The topological polar surface area (TPSA) is 70.0 Å². The predicted octanol–water partition coefficient (Wildman–Crippen LogP) is 4.94. The number of carbonyl (C=O) groups is 1. The van der Waals surface area contributed by atoms with Crippen LogP contribution in [0.1, 0.15) is 72.4 Å². The molecule has 6 nitrogen and oxygen atoms in total. The fraction of sp³-hybridized carbons (Fsp3) is 0.559. The number of hydrogen-bond donors (Lipinski definition) is 2. The zero-order valence-corrected chi connectivity index (χ0v) is 24.4. The van der Waals surface area contributed by atoms with Gasteiger partial charge in [0.2, 0.25) is 0 Å². The summed E-state index contributed by atoms with van der Waals surface area (Å²) in [6.45, 7) is 10.1. The van der Waals surface area contributed by atoms with Crippen molar-refractivity contribution in [2.24, 2.45) is 11.3 Å². The molecule has 7 rings (SSSR count). The normalized spacial score (nSPS) is 34.8. The van der Waals surface area contributed by atoms with Gasteiger partial charge in [0.05, 0.1) is 11.5 Å². The molecule has 2 N–H and O–H groups in total. The van der Waals surface area contributed by atoms with Gasteiger partial charge in [-0.1, -0.05) is 25.0 Å².